The molecule has 0 saturated heterocycles. The van der Waals surface area contributed by atoms with Gasteiger partial charge < -0.3 is 9.84 Å². The Hall–Kier alpha value is -1.29. The molecule has 0 bridgehead atoms. The Morgan fingerprint density at radius 2 is 2.40 bits per heavy atom. The number of rotatable bonds is 4. The molecular formula is C10H12ClNO3. The largest absolute Gasteiger partial charge is 0.479 e. The van der Waals surface area contributed by atoms with Crippen LogP contribution in [0.3, 0.4) is 0 Å². The first-order chi connectivity index (χ1) is 7.04. The van der Waals surface area contributed by atoms with Crippen LogP contribution in [-0.2, 0) is 4.79 Å². The van der Waals surface area contributed by atoms with Crippen molar-refractivity contribution in [3.63, 3.8) is 0 Å². The van der Waals surface area contributed by atoms with Crippen LogP contribution in [0.1, 0.15) is 18.9 Å². The summed E-state index contributed by atoms with van der Waals surface area (Å²) in [5.74, 6) is -0.678. The van der Waals surface area contributed by atoms with E-state index in [0.717, 1.165) is 5.56 Å². The van der Waals surface area contributed by atoms with Gasteiger partial charge in [-0.15, -0.1) is 0 Å². The molecule has 4 nitrogen and oxygen atoms in total. The fourth-order valence-electron chi connectivity index (χ4n) is 1.09. The zero-order valence-electron chi connectivity index (χ0n) is 8.53. The smallest absolute Gasteiger partial charge is 0.344 e. The molecule has 1 rings (SSSR count). The van der Waals surface area contributed by atoms with E-state index in [4.69, 9.17) is 21.4 Å². The Morgan fingerprint density at radius 1 is 1.73 bits per heavy atom. The number of pyridine rings is 1. The summed E-state index contributed by atoms with van der Waals surface area (Å²) < 4.78 is 5.24. The van der Waals surface area contributed by atoms with E-state index in [-0.39, 0.29) is 0 Å². The van der Waals surface area contributed by atoms with Crippen molar-refractivity contribution < 1.29 is 14.6 Å². The number of carboxylic acids is 1. The molecule has 0 aromatic carbocycles. The Balaban J connectivity index is 2.84. The van der Waals surface area contributed by atoms with Gasteiger partial charge in [-0.3, -0.25) is 0 Å². The van der Waals surface area contributed by atoms with Gasteiger partial charge in [0.15, 0.2) is 6.10 Å². The number of aromatic nitrogens is 1. The highest BCUT2D eigenvalue weighted by Crippen LogP contribution is 2.19. The van der Waals surface area contributed by atoms with Gasteiger partial charge in [0.1, 0.15) is 0 Å². The van der Waals surface area contributed by atoms with Crippen molar-refractivity contribution in [2.45, 2.75) is 26.4 Å². The quantitative estimate of drug-likeness (QED) is 0.861. The van der Waals surface area contributed by atoms with Gasteiger partial charge in [0.05, 0.1) is 5.02 Å². The molecule has 0 amide bonds. The first-order valence-electron chi connectivity index (χ1n) is 4.56. The van der Waals surface area contributed by atoms with Crippen LogP contribution in [0, 0.1) is 6.92 Å². The maximum Gasteiger partial charge on any atom is 0.344 e. The number of carboxylic acid groups (broad SMARTS) is 1. The predicted octanol–water partition coefficient (Wildman–Crippen LogP) is 2.29. The second kappa shape index (κ2) is 4.98. The van der Waals surface area contributed by atoms with E-state index in [1.54, 1.807) is 19.9 Å². The molecule has 0 spiro atoms. The fourth-order valence-corrected chi connectivity index (χ4v) is 1.31. The van der Waals surface area contributed by atoms with Gasteiger partial charge in [-0.05, 0) is 19.4 Å². The Labute approximate surface area is 92.8 Å². The van der Waals surface area contributed by atoms with E-state index in [1.807, 2.05) is 0 Å². The molecule has 0 aliphatic heterocycles. The van der Waals surface area contributed by atoms with E-state index >= 15 is 0 Å². The SMILES string of the molecule is CCC(Oc1ncc(Cl)cc1C)C(=O)O. The molecular weight excluding hydrogens is 218 g/mol. The number of hydrogen-bond donors (Lipinski definition) is 1. The van der Waals surface area contributed by atoms with Crippen LogP contribution in [-0.4, -0.2) is 22.2 Å². The second-order valence-electron chi connectivity index (χ2n) is 3.13. The minimum absolute atomic E-state index is 0.314. The maximum absolute atomic E-state index is 10.7. The summed E-state index contributed by atoms with van der Waals surface area (Å²) >= 11 is 5.72. The molecule has 5 heteroatoms. The topological polar surface area (TPSA) is 59.4 Å². The van der Waals surface area contributed by atoms with Gasteiger partial charge >= 0.3 is 5.97 Å². The van der Waals surface area contributed by atoms with Crippen molar-refractivity contribution in [2.24, 2.45) is 0 Å². The molecule has 1 aromatic rings. The summed E-state index contributed by atoms with van der Waals surface area (Å²) in [7, 11) is 0. The number of carbonyl (C=O) groups is 1. The Kier molecular flexibility index (Phi) is 3.91. The Morgan fingerprint density at radius 3 is 2.87 bits per heavy atom. The standard InChI is InChI=1S/C10H12ClNO3/c1-3-8(10(13)14)15-9-6(2)4-7(11)5-12-9/h4-5,8H,3H2,1-2H3,(H,13,14). The lowest BCUT2D eigenvalue weighted by atomic mass is 10.2. The molecule has 0 aliphatic carbocycles. The summed E-state index contributed by atoms with van der Waals surface area (Å²) in [5, 5.41) is 9.30. The minimum atomic E-state index is -0.992. The third kappa shape index (κ3) is 3.09. The van der Waals surface area contributed by atoms with Crippen LogP contribution in [0.5, 0.6) is 5.88 Å². The summed E-state index contributed by atoms with van der Waals surface area (Å²) in [6.45, 7) is 3.51. The first-order valence-corrected chi connectivity index (χ1v) is 4.94. The van der Waals surface area contributed by atoms with Gasteiger partial charge in [0.25, 0.3) is 0 Å². The van der Waals surface area contributed by atoms with Crippen molar-refractivity contribution in [3.8, 4) is 5.88 Å². The molecule has 15 heavy (non-hydrogen) atoms. The Bertz CT molecular complexity index is 368. The van der Waals surface area contributed by atoms with Crippen molar-refractivity contribution in [1.82, 2.24) is 4.98 Å². The van der Waals surface area contributed by atoms with Crippen LogP contribution in [0.15, 0.2) is 12.3 Å². The highest BCUT2D eigenvalue weighted by atomic mass is 35.5. The third-order valence-corrected chi connectivity index (χ3v) is 2.10. The average Bonchev–Trinajstić information content (AvgIpc) is 2.16. The van der Waals surface area contributed by atoms with E-state index in [0.29, 0.717) is 17.3 Å². The molecule has 0 radical (unpaired) electrons. The zero-order chi connectivity index (χ0) is 11.4. The summed E-state index contributed by atoms with van der Waals surface area (Å²) in [4.78, 5) is 14.7. The van der Waals surface area contributed by atoms with Crippen molar-refractivity contribution >= 4 is 17.6 Å². The third-order valence-electron chi connectivity index (χ3n) is 1.90. The van der Waals surface area contributed by atoms with Crippen molar-refractivity contribution in [1.29, 1.82) is 0 Å². The summed E-state index contributed by atoms with van der Waals surface area (Å²) in [6.07, 6.45) is 0.953. The molecule has 0 saturated carbocycles. The van der Waals surface area contributed by atoms with Gasteiger partial charge in [0.2, 0.25) is 5.88 Å². The molecule has 1 aromatic heterocycles. The highest BCUT2D eigenvalue weighted by Gasteiger charge is 2.18. The van der Waals surface area contributed by atoms with Crippen LogP contribution in [0.4, 0.5) is 0 Å². The maximum atomic E-state index is 10.7. The number of halogens is 1. The van der Waals surface area contributed by atoms with Crippen LogP contribution >= 0.6 is 11.6 Å². The number of aliphatic carboxylic acids is 1. The normalized spacial score (nSPS) is 12.2. The van der Waals surface area contributed by atoms with E-state index in [9.17, 15) is 4.79 Å². The molecule has 1 unspecified atom stereocenters. The minimum Gasteiger partial charge on any atom is -0.479 e. The molecule has 0 aliphatic rings. The zero-order valence-corrected chi connectivity index (χ0v) is 9.28. The van der Waals surface area contributed by atoms with E-state index in [1.165, 1.54) is 6.20 Å². The average molecular weight is 230 g/mol. The number of ether oxygens (including phenoxy) is 1. The lowest BCUT2D eigenvalue weighted by molar-refractivity contribution is -0.145. The van der Waals surface area contributed by atoms with Crippen LogP contribution < -0.4 is 4.74 Å². The van der Waals surface area contributed by atoms with Gasteiger partial charge in [-0.25, -0.2) is 9.78 Å². The van der Waals surface area contributed by atoms with Gasteiger partial charge in [-0.2, -0.15) is 0 Å². The highest BCUT2D eigenvalue weighted by molar-refractivity contribution is 6.30. The van der Waals surface area contributed by atoms with Gasteiger partial charge in [-0.1, -0.05) is 18.5 Å². The molecule has 1 heterocycles. The predicted molar refractivity (Wildman–Crippen MR) is 56.3 cm³/mol. The van der Waals surface area contributed by atoms with E-state index < -0.39 is 12.1 Å². The monoisotopic (exact) mass is 229 g/mol. The molecule has 82 valence electrons. The first kappa shape index (κ1) is 11.8. The van der Waals surface area contributed by atoms with Gasteiger partial charge in [0, 0.05) is 11.8 Å². The van der Waals surface area contributed by atoms with Crippen molar-refractivity contribution in [2.75, 3.05) is 0 Å². The number of aryl methyl sites for hydroxylation is 1. The van der Waals surface area contributed by atoms with Crippen molar-refractivity contribution in [3.05, 3.63) is 22.8 Å². The molecule has 1 atom stereocenters. The fraction of sp³-hybridized carbons (Fsp3) is 0.400. The second-order valence-corrected chi connectivity index (χ2v) is 3.57. The summed E-state index contributed by atoms with van der Waals surface area (Å²) in [5.41, 5.74) is 0.724. The summed E-state index contributed by atoms with van der Waals surface area (Å²) in [6, 6.07) is 1.68. The number of hydrogen-bond acceptors (Lipinski definition) is 3. The molecule has 1 N–H and O–H groups in total. The molecule has 0 fully saturated rings. The van der Waals surface area contributed by atoms with E-state index in [2.05, 4.69) is 4.98 Å². The van der Waals surface area contributed by atoms with Crippen LogP contribution in [0.25, 0.3) is 0 Å². The van der Waals surface area contributed by atoms with Crippen LogP contribution in [0.2, 0.25) is 5.02 Å². The lowest BCUT2D eigenvalue weighted by Crippen LogP contribution is -2.26. The lowest BCUT2D eigenvalue weighted by Gasteiger charge is -2.13. The number of nitrogens with zero attached hydrogens (tertiary/aromatic N) is 1.